The van der Waals surface area contributed by atoms with Crippen molar-refractivity contribution < 1.29 is 19.8 Å². The van der Waals surface area contributed by atoms with E-state index in [0.717, 1.165) is 5.56 Å². The van der Waals surface area contributed by atoms with Gasteiger partial charge < -0.3 is 25.8 Å². The largest absolute Gasteiger partial charge is 0.478 e. The highest BCUT2D eigenvalue weighted by Crippen LogP contribution is 2.29. The Balaban J connectivity index is 2.84. The maximum absolute atomic E-state index is 12.0. The second kappa shape index (κ2) is 6.55. The van der Waals surface area contributed by atoms with Crippen molar-refractivity contribution in [3.8, 4) is 11.1 Å². The van der Waals surface area contributed by atoms with Gasteiger partial charge in [0.2, 0.25) is 0 Å². The van der Waals surface area contributed by atoms with Gasteiger partial charge in [-0.3, -0.25) is 4.79 Å². The van der Waals surface area contributed by atoms with E-state index in [1.54, 1.807) is 18.2 Å². The molecule has 0 amide bonds. The van der Waals surface area contributed by atoms with Crippen molar-refractivity contribution in [2.45, 2.75) is 6.54 Å². The molecule has 126 valence electrons. The van der Waals surface area contributed by atoms with Crippen molar-refractivity contribution in [1.82, 2.24) is 9.88 Å². The molecule has 0 aliphatic rings. The first kappa shape index (κ1) is 17.2. The van der Waals surface area contributed by atoms with Crippen LogP contribution in [-0.2, 0) is 6.54 Å². The third kappa shape index (κ3) is 3.28. The number of nitrogens with one attached hydrogen (secondary N) is 1. The predicted octanol–water partition coefficient (Wildman–Crippen LogP) is 1.08. The van der Waals surface area contributed by atoms with Crippen molar-refractivity contribution in [2.24, 2.45) is 0 Å². The first-order valence-electron chi connectivity index (χ1n) is 6.98. The molecular formula is C16H17N3O5. The van der Waals surface area contributed by atoms with E-state index >= 15 is 0 Å². The lowest BCUT2D eigenvalue weighted by Gasteiger charge is -2.14. The first-order valence-corrected chi connectivity index (χ1v) is 6.98. The fraction of sp³-hybridized carbons (Fsp3) is 0.188. The fourth-order valence-electron chi connectivity index (χ4n) is 2.53. The maximum Gasteiger partial charge on any atom is 0.342 e. The van der Waals surface area contributed by atoms with Gasteiger partial charge in [0.15, 0.2) is 0 Å². The van der Waals surface area contributed by atoms with Crippen LogP contribution in [0.3, 0.4) is 0 Å². The minimum absolute atomic E-state index is 0.197. The van der Waals surface area contributed by atoms with Crippen molar-refractivity contribution in [3.05, 3.63) is 51.3 Å². The summed E-state index contributed by atoms with van der Waals surface area (Å²) >= 11 is 0. The van der Waals surface area contributed by atoms with Gasteiger partial charge in [-0.15, -0.1) is 0 Å². The number of nitrogens with zero attached hydrogens (tertiary/aromatic N) is 1. The number of H-pyrrole nitrogens is 1. The average Bonchev–Trinajstić information content (AvgIpc) is 2.44. The lowest BCUT2D eigenvalue weighted by molar-refractivity contribution is 0.0695. The molecule has 0 atom stereocenters. The number of aromatic amines is 1. The van der Waals surface area contributed by atoms with Crippen LogP contribution >= 0.6 is 0 Å². The van der Waals surface area contributed by atoms with Crippen LogP contribution in [0.1, 0.15) is 26.3 Å². The lowest BCUT2D eigenvalue weighted by Crippen LogP contribution is -2.24. The number of carbonyl (C=O) groups is 2. The van der Waals surface area contributed by atoms with Crippen molar-refractivity contribution >= 4 is 17.8 Å². The summed E-state index contributed by atoms with van der Waals surface area (Å²) < 4.78 is 0. The van der Waals surface area contributed by atoms with Gasteiger partial charge in [0.05, 0.1) is 0 Å². The minimum Gasteiger partial charge on any atom is -0.478 e. The molecule has 24 heavy (non-hydrogen) atoms. The summed E-state index contributed by atoms with van der Waals surface area (Å²) in [6.07, 6.45) is 0. The molecule has 1 heterocycles. The average molecular weight is 331 g/mol. The number of carboxylic acids is 2. The Morgan fingerprint density at radius 2 is 1.79 bits per heavy atom. The van der Waals surface area contributed by atoms with Crippen LogP contribution in [0.25, 0.3) is 11.1 Å². The molecule has 0 saturated heterocycles. The molecule has 0 saturated carbocycles. The molecule has 1 aromatic carbocycles. The number of hydrogen-bond acceptors (Lipinski definition) is 5. The van der Waals surface area contributed by atoms with Gasteiger partial charge in [0.1, 0.15) is 16.9 Å². The van der Waals surface area contributed by atoms with E-state index in [1.807, 2.05) is 25.1 Å². The topological polar surface area (TPSA) is 137 Å². The Labute approximate surface area is 137 Å². The summed E-state index contributed by atoms with van der Waals surface area (Å²) in [5.74, 6) is -3.32. The number of rotatable bonds is 5. The van der Waals surface area contributed by atoms with Crippen molar-refractivity contribution in [3.63, 3.8) is 0 Å². The van der Waals surface area contributed by atoms with E-state index in [9.17, 15) is 24.6 Å². The number of nitrogens with two attached hydrogens (primary N) is 1. The zero-order valence-corrected chi connectivity index (χ0v) is 13.2. The van der Waals surface area contributed by atoms with Crippen LogP contribution in [0.15, 0.2) is 29.1 Å². The van der Waals surface area contributed by atoms with Gasteiger partial charge in [-0.25, -0.2) is 9.59 Å². The highest BCUT2D eigenvalue weighted by atomic mass is 16.4. The summed E-state index contributed by atoms with van der Waals surface area (Å²) in [5, 5.41) is 18.8. The zero-order chi connectivity index (χ0) is 18.0. The maximum atomic E-state index is 12.0. The Morgan fingerprint density at radius 1 is 1.17 bits per heavy atom. The smallest absolute Gasteiger partial charge is 0.342 e. The number of aromatic carboxylic acids is 2. The van der Waals surface area contributed by atoms with Crippen LogP contribution in [0, 0.1) is 0 Å². The second-order valence-corrected chi connectivity index (χ2v) is 5.54. The van der Waals surface area contributed by atoms with Gasteiger partial charge in [0, 0.05) is 12.1 Å². The lowest BCUT2D eigenvalue weighted by atomic mass is 9.94. The number of hydrogen-bond donors (Lipinski definition) is 4. The van der Waals surface area contributed by atoms with E-state index < -0.39 is 28.6 Å². The summed E-state index contributed by atoms with van der Waals surface area (Å²) in [4.78, 5) is 39.0. The summed E-state index contributed by atoms with van der Waals surface area (Å²) in [7, 11) is 3.73. The Kier molecular flexibility index (Phi) is 4.70. The third-order valence-corrected chi connectivity index (χ3v) is 3.39. The monoisotopic (exact) mass is 331 g/mol. The van der Waals surface area contributed by atoms with Crippen LogP contribution in [0.4, 0.5) is 5.82 Å². The molecule has 5 N–H and O–H groups in total. The molecule has 0 aliphatic heterocycles. The quantitative estimate of drug-likeness (QED) is 0.643. The minimum atomic E-state index is -1.52. The molecule has 0 unspecified atom stereocenters. The molecule has 8 nitrogen and oxygen atoms in total. The van der Waals surface area contributed by atoms with E-state index in [2.05, 4.69) is 4.98 Å². The first-order chi connectivity index (χ1) is 11.2. The molecule has 8 heteroatoms. The van der Waals surface area contributed by atoms with Gasteiger partial charge in [-0.1, -0.05) is 18.2 Å². The van der Waals surface area contributed by atoms with Crippen LogP contribution in [0.5, 0.6) is 0 Å². The molecule has 1 aromatic heterocycles. The molecule has 0 aliphatic carbocycles. The number of pyridine rings is 1. The summed E-state index contributed by atoms with van der Waals surface area (Å²) in [5.41, 5.74) is 4.53. The summed E-state index contributed by atoms with van der Waals surface area (Å²) in [6.45, 7) is 0.567. The predicted molar refractivity (Wildman–Crippen MR) is 88.2 cm³/mol. The van der Waals surface area contributed by atoms with Gasteiger partial charge >= 0.3 is 11.9 Å². The van der Waals surface area contributed by atoms with Gasteiger partial charge in [-0.2, -0.15) is 0 Å². The van der Waals surface area contributed by atoms with Gasteiger partial charge in [-0.05, 0) is 31.3 Å². The van der Waals surface area contributed by atoms with E-state index in [4.69, 9.17) is 5.73 Å². The van der Waals surface area contributed by atoms with E-state index in [0.29, 0.717) is 12.1 Å². The number of anilines is 1. The van der Waals surface area contributed by atoms with E-state index in [1.165, 1.54) is 0 Å². The third-order valence-electron chi connectivity index (χ3n) is 3.39. The number of carboxylic acid groups (broad SMARTS) is 2. The van der Waals surface area contributed by atoms with E-state index in [-0.39, 0.29) is 11.4 Å². The van der Waals surface area contributed by atoms with Crippen molar-refractivity contribution in [2.75, 3.05) is 19.8 Å². The fourth-order valence-corrected chi connectivity index (χ4v) is 2.53. The van der Waals surface area contributed by atoms with Crippen LogP contribution in [-0.4, -0.2) is 46.1 Å². The highest BCUT2D eigenvalue weighted by molar-refractivity contribution is 6.07. The second-order valence-electron chi connectivity index (χ2n) is 5.54. The zero-order valence-electron chi connectivity index (χ0n) is 13.2. The number of aromatic nitrogens is 1. The molecule has 0 fully saturated rings. The van der Waals surface area contributed by atoms with Crippen molar-refractivity contribution in [1.29, 1.82) is 0 Å². The number of nitrogen functional groups attached to an aromatic ring is 1. The Morgan fingerprint density at radius 3 is 2.33 bits per heavy atom. The summed E-state index contributed by atoms with van der Waals surface area (Å²) in [6, 6.07) is 6.68. The standard InChI is InChI=1S/C16H17N3O5/c1-19(2)7-8-4-3-5-9(6-8)10-11(15(21)22)13(17)18-14(20)12(10)16(23)24/h3-6H,7H2,1-2H3,(H,21,22)(H,23,24)(H3,17,18,20). The SMILES string of the molecule is CN(C)Cc1cccc(-c2c(C(=O)O)c(N)[nH]c(=O)c2C(=O)O)c1. The molecule has 0 radical (unpaired) electrons. The van der Waals surface area contributed by atoms with Crippen LogP contribution in [0.2, 0.25) is 0 Å². The highest BCUT2D eigenvalue weighted by Gasteiger charge is 2.26. The normalized spacial score (nSPS) is 10.8. The number of benzene rings is 1. The molecule has 2 aromatic rings. The Bertz CT molecular complexity index is 871. The molecular weight excluding hydrogens is 314 g/mol. The van der Waals surface area contributed by atoms with Gasteiger partial charge in [0.25, 0.3) is 5.56 Å². The molecule has 0 spiro atoms. The van der Waals surface area contributed by atoms with Crippen LogP contribution < -0.4 is 11.3 Å². The molecule has 2 rings (SSSR count). The Hall–Kier alpha value is -3.13. The molecule has 0 bridgehead atoms.